The molecule has 1 spiro atoms. The van der Waals surface area contributed by atoms with E-state index in [0.29, 0.717) is 13.2 Å². The van der Waals surface area contributed by atoms with Gasteiger partial charge >= 0.3 is 6.03 Å². The lowest BCUT2D eigenvalue weighted by Gasteiger charge is -2.40. The number of carbonyl (C=O) groups excluding carboxylic acids is 1. The molecule has 6 heteroatoms. The number of aromatic nitrogens is 1. The van der Waals surface area contributed by atoms with Crippen LogP contribution < -0.4 is 0 Å². The fourth-order valence-corrected chi connectivity index (χ4v) is 4.55. The number of piperidine rings is 1. The molecule has 3 aliphatic heterocycles. The first-order chi connectivity index (χ1) is 12.2. The highest BCUT2D eigenvalue weighted by atomic mass is 16.5. The van der Waals surface area contributed by atoms with Crippen LogP contribution in [-0.2, 0) is 11.3 Å². The molecule has 3 fully saturated rings. The van der Waals surface area contributed by atoms with Crippen LogP contribution in [-0.4, -0.2) is 78.2 Å². The number of hydrogen-bond acceptors (Lipinski definition) is 4. The maximum atomic E-state index is 12.8. The molecule has 4 heterocycles. The molecule has 1 unspecified atom stereocenters. The number of urea groups is 1. The van der Waals surface area contributed by atoms with E-state index in [-0.39, 0.29) is 11.4 Å². The Hall–Kier alpha value is -1.66. The van der Waals surface area contributed by atoms with E-state index in [1.54, 1.807) is 0 Å². The average molecular weight is 344 g/mol. The molecule has 0 N–H and O–H groups in total. The molecule has 1 aromatic heterocycles. The molecule has 1 aromatic rings. The van der Waals surface area contributed by atoms with Gasteiger partial charge in [0.05, 0.1) is 18.9 Å². The van der Waals surface area contributed by atoms with Gasteiger partial charge in [0.2, 0.25) is 0 Å². The van der Waals surface area contributed by atoms with E-state index in [2.05, 4.69) is 26.9 Å². The van der Waals surface area contributed by atoms with E-state index in [1.807, 2.05) is 17.2 Å². The SMILES string of the molecule is O=C(N1CCOCC1)N1CCC2(CCCN(Cc3ccccn3)C2)C1. The largest absolute Gasteiger partial charge is 0.378 e. The fraction of sp³-hybridized carbons (Fsp3) is 0.684. The van der Waals surface area contributed by atoms with Crippen molar-refractivity contribution in [1.29, 1.82) is 0 Å². The van der Waals surface area contributed by atoms with Gasteiger partial charge in [0.15, 0.2) is 0 Å². The summed E-state index contributed by atoms with van der Waals surface area (Å²) in [5, 5.41) is 0. The molecule has 3 saturated heterocycles. The molecule has 0 saturated carbocycles. The molecule has 0 aromatic carbocycles. The molecule has 6 nitrogen and oxygen atoms in total. The van der Waals surface area contributed by atoms with Gasteiger partial charge in [-0.05, 0) is 37.9 Å². The molecular formula is C19H28N4O2. The Morgan fingerprint density at radius 2 is 1.96 bits per heavy atom. The molecule has 0 radical (unpaired) electrons. The zero-order chi connectivity index (χ0) is 17.1. The lowest BCUT2D eigenvalue weighted by molar-refractivity contribution is 0.0418. The number of hydrogen-bond donors (Lipinski definition) is 0. The average Bonchev–Trinajstić information content (AvgIpc) is 3.06. The van der Waals surface area contributed by atoms with Gasteiger partial charge in [-0.1, -0.05) is 6.07 Å². The Morgan fingerprint density at radius 3 is 2.76 bits per heavy atom. The Morgan fingerprint density at radius 1 is 1.08 bits per heavy atom. The molecule has 4 rings (SSSR count). The summed E-state index contributed by atoms with van der Waals surface area (Å²) < 4.78 is 5.37. The van der Waals surface area contributed by atoms with Crippen LogP contribution in [0, 0.1) is 5.41 Å². The highest BCUT2D eigenvalue weighted by molar-refractivity contribution is 5.75. The first-order valence-corrected chi connectivity index (χ1v) is 9.48. The lowest BCUT2D eigenvalue weighted by atomic mass is 9.79. The summed E-state index contributed by atoms with van der Waals surface area (Å²) in [5.41, 5.74) is 1.41. The minimum atomic E-state index is 0.210. The summed E-state index contributed by atoms with van der Waals surface area (Å²) in [5.74, 6) is 0. The zero-order valence-corrected chi connectivity index (χ0v) is 14.9. The number of likely N-dealkylation sites (tertiary alicyclic amines) is 2. The minimum Gasteiger partial charge on any atom is -0.378 e. The summed E-state index contributed by atoms with van der Waals surface area (Å²) in [6, 6.07) is 6.33. The minimum absolute atomic E-state index is 0.210. The van der Waals surface area contributed by atoms with Crippen molar-refractivity contribution in [2.45, 2.75) is 25.8 Å². The molecule has 2 amide bonds. The van der Waals surface area contributed by atoms with Crippen LogP contribution in [0.15, 0.2) is 24.4 Å². The van der Waals surface area contributed by atoms with E-state index in [9.17, 15) is 4.79 Å². The molecule has 3 aliphatic rings. The third-order valence-corrected chi connectivity index (χ3v) is 5.84. The van der Waals surface area contributed by atoms with Crippen molar-refractivity contribution in [2.24, 2.45) is 5.41 Å². The van der Waals surface area contributed by atoms with Gasteiger partial charge in [0, 0.05) is 50.9 Å². The molecule has 0 bridgehead atoms. The topological polar surface area (TPSA) is 48.9 Å². The first kappa shape index (κ1) is 16.8. The summed E-state index contributed by atoms with van der Waals surface area (Å²) in [7, 11) is 0. The third kappa shape index (κ3) is 3.80. The summed E-state index contributed by atoms with van der Waals surface area (Å²) >= 11 is 0. The highest BCUT2D eigenvalue weighted by Crippen LogP contribution is 2.39. The predicted molar refractivity (Wildman–Crippen MR) is 95.2 cm³/mol. The predicted octanol–water partition coefficient (Wildman–Crippen LogP) is 1.82. The van der Waals surface area contributed by atoms with Crippen molar-refractivity contribution in [3.8, 4) is 0 Å². The molecule has 0 aliphatic carbocycles. The van der Waals surface area contributed by atoms with E-state index in [0.717, 1.165) is 57.9 Å². The number of carbonyl (C=O) groups is 1. The van der Waals surface area contributed by atoms with Gasteiger partial charge in [0.1, 0.15) is 0 Å². The summed E-state index contributed by atoms with van der Waals surface area (Å²) in [6.45, 7) is 7.73. The molecule has 25 heavy (non-hydrogen) atoms. The second-order valence-electron chi connectivity index (χ2n) is 7.69. The monoisotopic (exact) mass is 344 g/mol. The number of ether oxygens (including phenoxy) is 1. The van der Waals surface area contributed by atoms with Crippen molar-refractivity contribution in [3.63, 3.8) is 0 Å². The van der Waals surface area contributed by atoms with Crippen LogP contribution in [0.4, 0.5) is 4.79 Å². The Balaban J connectivity index is 1.36. The summed E-state index contributed by atoms with van der Waals surface area (Å²) in [6.07, 6.45) is 5.44. The Labute approximate surface area is 149 Å². The van der Waals surface area contributed by atoms with E-state index < -0.39 is 0 Å². The maximum absolute atomic E-state index is 12.8. The number of amides is 2. The van der Waals surface area contributed by atoms with Gasteiger partial charge in [-0.2, -0.15) is 0 Å². The maximum Gasteiger partial charge on any atom is 0.320 e. The van der Waals surface area contributed by atoms with Crippen LogP contribution in [0.25, 0.3) is 0 Å². The van der Waals surface area contributed by atoms with Crippen LogP contribution in [0.1, 0.15) is 25.0 Å². The van der Waals surface area contributed by atoms with Crippen LogP contribution in [0.3, 0.4) is 0 Å². The Bertz CT molecular complexity index is 590. The van der Waals surface area contributed by atoms with E-state index in [1.165, 1.54) is 12.8 Å². The molecule has 136 valence electrons. The van der Waals surface area contributed by atoms with Crippen molar-refractivity contribution >= 4 is 6.03 Å². The van der Waals surface area contributed by atoms with Crippen molar-refractivity contribution in [1.82, 2.24) is 19.7 Å². The normalized spacial score (nSPS) is 27.8. The van der Waals surface area contributed by atoms with Gasteiger partial charge in [-0.3, -0.25) is 9.88 Å². The zero-order valence-electron chi connectivity index (χ0n) is 14.9. The molecular weight excluding hydrogens is 316 g/mol. The quantitative estimate of drug-likeness (QED) is 0.821. The number of morpholine rings is 1. The van der Waals surface area contributed by atoms with Crippen molar-refractivity contribution in [2.75, 3.05) is 52.5 Å². The van der Waals surface area contributed by atoms with Gasteiger partial charge in [-0.25, -0.2) is 4.79 Å². The number of nitrogens with zero attached hydrogens (tertiary/aromatic N) is 4. The van der Waals surface area contributed by atoms with Gasteiger partial charge < -0.3 is 14.5 Å². The van der Waals surface area contributed by atoms with Crippen LogP contribution in [0.2, 0.25) is 0 Å². The standard InChI is InChI=1S/C19H28N4O2/c24-18(22-10-12-25-13-11-22)23-9-6-19(16-23)5-3-8-21(15-19)14-17-4-1-2-7-20-17/h1-2,4,7H,3,5-6,8-16H2. The fourth-order valence-electron chi connectivity index (χ4n) is 4.55. The van der Waals surface area contributed by atoms with Crippen LogP contribution >= 0.6 is 0 Å². The van der Waals surface area contributed by atoms with Crippen LogP contribution in [0.5, 0.6) is 0 Å². The van der Waals surface area contributed by atoms with E-state index in [4.69, 9.17) is 4.74 Å². The third-order valence-electron chi connectivity index (χ3n) is 5.84. The first-order valence-electron chi connectivity index (χ1n) is 9.48. The lowest BCUT2D eigenvalue weighted by Crippen LogP contribution is -2.49. The molecule has 1 atom stereocenters. The number of rotatable bonds is 2. The second-order valence-corrected chi connectivity index (χ2v) is 7.69. The van der Waals surface area contributed by atoms with Gasteiger partial charge in [0.25, 0.3) is 0 Å². The Kier molecular flexibility index (Phi) is 4.90. The van der Waals surface area contributed by atoms with Crippen molar-refractivity contribution in [3.05, 3.63) is 30.1 Å². The van der Waals surface area contributed by atoms with Crippen molar-refractivity contribution < 1.29 is 9.53 Å². The number of pyridine rings is 1. The summed E-state index contributed by atoms with van der Waals surface area (Å²) in [4.78, 5) is 23.8. The second kappa shape index (κ2) is 7.30. The highest BCUT2D eigenvalue weighted by Gasteiger charge is 2.43. The van der Waals surface area contributed by atoms with Gasteiger partial charge in [-0.15, -0.1) is 0 Å². The van der Waals surface area contributed by atoms with E-state index >= 15 is 0 Å². The smallest absolute Gasteiger partial charge is 0.320 e.